The fraction of sp³-hybridized carbons (Fsp3) is 0.316. The molecule has 1 fully saturated rings. The summed E-state index contributed by atoms with van der Waals surface area (Å²) in [6.45, 7) is 5.49. The highest BCUT2D eigenvalue weighted by Crippen LogP contribution is 2.56. The summed E-state index contributed by atoms with van der Waals surface area (Å²) in [7, 11) is 0. The van der Waals surface area contributed by atoms with Crippen LogP contribution in [-0.4, -0.2) is 31.2 Å². The number of nitrogens with zero attached hydrogens (tertiary/aromatic N) is 5. The quantitative estimate of drug-likeness (QED) is 0.707. The molecule has 142 valence electrons. The zero-order chi connectivity index (χ0) is 19.5. The molecule has 5 rings (SSSR count). The van der Waals surface area contributed by atoms with Crippen molar-refractivity contribution in [2.45, 2.75) is 31.6 Å². The number of hydrogen-bond donors (Lipinski definition) is 1. The fourth-order valence-corrected chi connectivity index (χ4v) is 4.20. The smallest absolute Gasteiger partial charge is 0.239 e. The minimum Gasteiger partial charge on any atom is -0.324 e. The van der Waals surface area contributed by atoms with Crippen LogP contribution in [0.25, 0.3) is 11.0 Å². The van der Waals surface area contributed by atoms with Gasteiger partial charge in [0.2, 0.25) is 11.9 Å². The number of halogens is 1. The number of hydrogen-bond acceptors (Lipinski definition) is 7. The molecule has 1 aliphatic heterocycles. The van der Waals surface area contributed by atoms with Crippen LogP contribution in [0.15, 0.2) is 30.7 Å². The Morgan fingerprint density at radius 2 is 2.11 bits per heavy atom. The van der Waals surface area contributed by atoms with Crippen LogP contribution in [0, 0.1) is 6.92 Å². The van der Waals surface area contributed by atoms with E-state index in [1.165, 1.54) is 11.7 Å². The Labute approximate surface area is 164 Å². The van der Waals surface area contributed by atoms with Crippen molar-refractivity contribution in [2.24, 2.45) is 0 Å². The van der Waals surface area contributed by atoms with E-state index in [1.807, 2.05) is 19.1 Å². The second kappa shape index (κ2) is 6.03. The lowest BCUT2D eigenvalue weighted by Crippen LogP contribution is -2.33. The number of anilines is 3. The molecule has 1 aromatic carbocycles. The Kier molecular flexibility index (Phi) is 3.70. The molecule has 1 spiro atoms. The first kappa shape index (κ1) is 17.2. The van der Waals surface area contributed by atoms with Crippen LogP contribution in [0.3, 0.4) is 0 Å². The summed E-state index contributed by atoms with van der Waals surface area (Å²) in [5.74, 6) is 0.495. The van der Waals surface area contributed by atoms with Gasteiger partial charge >= 0.3 is 0 Å². The highest BCUT2D eigenvalue weighted by atomic mass is 32.1. The van der Waals surface area contributed by atoms with E-state index in [9.17, 15) is 9.18 Å². The minimum absolute atomic E-state index is 0.0126. The lowest BCUT2D eigenvalue weighted by Gasteiger charge is -2.17. The van der Waals surface area contributed by atoms with E-state index >= 15 is 0 Å². The molecule has 0 unspecified atom stereocenters. The molecule has 3 aromatic rings. The predicted octanol–water partition coefficient (Wildman–Crippen LogP) is 3.78. The zero-order valence-corrected chi connectivity index (χ0v) is 16.0. The van der Waals surface area contributed by atoms with Crippen molar-refractivity contribution in [2.75, 3.05) is 16.8 Å². The number of benzene rings is 1. The fourth-order valence-electron chi connectivity index (χ4n) is 3.69. The average molecular weight is 396 g/mol. The van der Waals surface area contributed by atoms with E-state index in [4.69, 9.17) is 0 Å². The minimum atomic E-state index is -0.507. The van der Waals surface area contributed by atoms with E-state index in [-0.39, 0.29) is 18.9 Å². The number of rotatable bonds is 5. The van der Waals surface area contributed by atoms with Gasteiger partial charge in [0.05, 0.1) is 23.0 Å². The highest BCUT2D eigenvalue weighted by Gasteiger charge is 2.60. The van der Waals surface area contributed by atoms with Crippen LogP contribution in [-0.2, 0) is 10.2 Å². The predicted molar refractivity (Wildman–Crippen MR) is 106 cm³/mol. The summed E-state index contributed by atoms with van der Waals surface area (Å²) in [5.41, 5.74) is 3.80. The lowest BCUT2D eigenvalue weighted by atomic mass is 10.0. The SMILES string of the molecule is C=C(F)CCN1C(=O)C2(CC2)c2cnc(Nc3cc4nsnc4cc3C)nc21. The van der Waals surface area contributed by atoms with Crippen molar-refractivity contribution in [1.29, 1.82) is 0 Å². The normalized spacial score (nSPS) is 16.6. The molecule has 0 bridgehead atoms. The maximum Gasteiger partial charge on any atom is 0.239 e. The third kappa shape index (κ3) is 2.57. The molecular formula is C19H17FN6OS. The van der Waals surface area contributed by atoms with Crippen LogP contribution in [0.4, 0.5) is 21.8 Å². The lowest BCUT2D eigenvalue weighted by molar-refractivity contribution is -0.120. The van der Waals surface area contributed by atoms with Crippen molar-refractivity contribution in [3.8, 4) is 0 Å². The second-order valence-corrected chi connectivity index (χ2v) is 7.81. The molecule has 0 radical (unpaired) electrons. The van der Waals surface area contributed by atoms with Crippen LogP contribution in [0.1, 0.15) is 30.4 Å². The van der Waals surface area contributed by atoms with E-state index < -0.39 is 11.2 Å². The van der Waals surface area contributed by atoms with Gasteiger partial charge in [-0.3, -0.25) is 9.69 Å². The Morgan fingerprint density at radius 1 is 1.36 bits per heavy atom. The molecule has 1 amide bonds. The van der Waals surface area contributed by atoms with Crippen molar-refractivity contribution >= 4 is 46.1 Å². The summed E-state index contributed by atoms with van der Waals surface area (Å²) in [6, 6.07) is 3.86. The van der Waals surface area contributed by atoms with Gasteiger partial charge < -0.3 is 5.32 Å². The summed E-state index contributed by atoms with van der Waals surface area (Å²) in [5, 5.41) is 3.22. The number of amides is 1. The van der Waals surface area contributed by atoms with Crippen molar-refractivity contribution in [1.82, 2.24) is 18.7 Å². The van der Waals surface area contributed by atoms with E-state index in [2.05, 4.69) is 30.6 Å². The zero-order valence-electron chi connectivity index (χ0n) is 15.2. The maximum absolute atomic E-state index is 13.2. The van der Waals surface area contributed by atoms with Crippen LogP contribution < -0.4 is 10.2 Å². The number of carbonyl (C=O) groups excluding carboxylic acids is 1. The number of aryl methyl sites for hydroxylation is 1. The first-order valence-corrected chi connectivity index (χ1v) is 9.74. The third-order valence-corrected chi connectivity index (χ3v) is 5.95. The Balaban J connectivity index is 1.50. The summed E-state index contributed by atoms with van der Waals surface area (Å²) >= 11 is 1.17. The van der Waals surface area contributed by atoms with Gasteiger partial charge in [0.25, 0.3) is 0 Å². The molecule has 2 aromatic heterocycles. The summed E-state index contributed by atoms with van der Waals surface area (Å²) < 4.78 is 21.7. The van der Waals surface area contributed by atoms with Crippen LogP contribution in [0.2, 0.25) is 0 Å². The second-order valence-electron chi connectivity index (χ2n) is 7.28. The van der Waals surface area contributed by atoms with Gasteiger partial charge in [-0.2, -0.15) is 13.7 Å². The molecular weight excluding hydrogens is 379 g/mol. The molecule has 1 aliphatic carbocycles. The summed E-state index contributed by atoms with van der Waals surface area (Å²) in [4.78, 5) is 23.5. The summed E-state index contributed by atoms with van der Waals surface area (Å²) in [6.07, 6.45) is 3.39. The highest BCUT2D eigenvalue weighted by molar-refractivity contribution is 7.00. The number of fused-ring (bicyclic) bond motifs is 3. The number of nitrogens with one attached hydrogen (secondary N) is 1. The Morgan fingerprint density at radius 3 is 2.82 bits per heavy atom. The molecule has 1 saturated carbocycles. The number of aromatic nitrogens is 4. The van der Waals surface area contributed by atoms with Gasteiger partial charge in [0.15, 0.2) is 0 Å². The molecule has 28 heavy (non-hydrogen) atoms. The number of carbonyl (C=O) groups is 1. The average Bonchev–Trinajstić information content (AvgIpc) is 3.29. The van der Waals surface area contributed by atoms with Gasteiger partial charge in [-0.15, -0.1) is 0 Å². The van der Waals surface area contributed by atoms with Crippen LogP contribution in [0.5, 0.6) is 0 Å². The molecule has 9 heteroatoms. The maximum atomic E-state index is 13.2. The van der Waals surface area contributed by atoms with Crippen LogP contribution >= 0.6 is 11.7 Å². The van der Waals surface area contributed by atoms with Crippen molar-refractivity contribution in [3.05, 3.63) is 41.9 Å². The first-order chi connectivity index (χ1) is 13.5. The molecule has 1 N–H and O–H groups in total. The Hall–Kier alpha value is -2.94. The van der Waals surface area contributed by atoms with Gasteiger partial charge in [-0.1, -0.05) is 6.58 Å². The van der Waals surface area contributed by atoms with Gasteiger partial charge in [0.1, 0.15) is 16.9 Å². The monoisotopic (exact) mass is 396 g/mol. The van der Waals surface area contributed by atoms with Gasteiger partial charge in [-0.25, -0.2) is 9.37 Å². The molecule has 2 aliphatic rings. The molecule has 3 heterocycles. The molecule has 7 nitrogen and oxygen atoms in total. The van der Waals surface area contributed by atoms with Crippen molar-refractivity contribution < 1.29 is 9.18 Å². The van der Waals surface area contributed by atoms with E-state index in [0.717, 1.165) is 40.7 Å². The molecule has 0 saturated heterocycles. The Bertz CT molecular complexity index is 1140. The van der Waals surface area contributed by atoms with E-state index in [0.29, 0.717) is 11.8 Å². The van der Waals surface area contributed by atoms with Gasteiger partial charge in [-0.05, 0) is 37.5 Å². The molecule has 0 atom stereocenters. The largest absolute Gasteiger partial charge is 0.324 e. The third-order valence-electron chi connectivity index (χ3n) is 5.40. The van der Waals surface area contributed by atoms with Crippen molar-refractivity contribution in [3.63, 3.8) is 0 Å². The topological polar surface area (TPSA) is 83.9 Å². The standard InChI is InChI=1S/C19H17FN6OS/c1-10-7-14-15(25-28-24-14)8-13(10)22-18-21-9-12-16(23-18)26(6-3-11(2)20)17(27)19(12)4-5-19/h7-9H,2-6H2,1H3,(H,21,22,23). The van der Waals surface area contributed by atoms with Gasteiger partial charge in [0, 0.05) is 30.4 Å². The van der Waals surface area contributed by atoms with E-state index in [1.54, 1.807) is 11.1 Å². The first-order valence-electron chi connectivity index (χ1n) is 9.01.